The first-order valence-corrected chi connectivity index (χ1v) is 7.81. The zero-order valence-electron chi connectivity index (χ0n) is 12.8. The van der Waals surface area contributed by atoms with Crippen molar-refractivity contribution in [2.24, 2.45) is 0 Å². The van der Waals surface area contributed by atoms with Crippen LogP contribution in [-0.2, 0) is 11.3 Å². The van der Waals surface area contributed by atoms with E-state index in [2.05, 4.69) is 9.97 Å². The maximum Gasteiger partial charge on any atom is 0.339 e. The lowest BCUT2D eigenvalue weighted by Crippen LogP contribution is -2.37. The predicted molar refractivity (Wildman–Crippen MR) is 87.8 cm³/mol. The lowest BCUT2D eigenvalue weighted by molar-refractivity contribution is 0.0692. The Kier molecular flexibility index (Phi) is 5.12. The zero-order chi connectivity index (χ0) is 16.9. The number of morpholine rings is 1. The molecule has 8 heteroatoms. The quantitative estimate of drug-likeness (QED) is 0.886. The van der Waals surface area contributed by atoms with E-state index in [0.29, 0.717) is 48.7 Å². The van der Waals surface area contributed by atoms with Gasteiger partial charge in [0.05, 0.1) is 18.9 Å². The number of carboxylic acids is 1. The van der Waals surface area contributed by atoms with Crippen LogP contribution in [0.15, 0.2) is 30.5 Å². The number of nitrogens with zero attached hydrogens (tertiary/aromatic N) is 3. The van der Waals surface area contributed by atoms with Crippen molar-refractivity contribution >= 4 is 23.5 Å². The summed E-state index contributed by atoms with van der Waals surface area (Å²) in [4.78, 5) is 21.9. The van der Waals surface area contributed by atoms with Gasteiger partial charge < -0.3 is 19.5 Å². The second-order valence-corrected chi connectivity index (χ2v) is 5.62. The van der Waals surface area contributed by atoms with Gasteiger partial charge in [0.1, 0.15) is 17.9 Å². The van der Waals surface area contributed by atoms with Gasteiger partial charge >= 0.3 is 5.97 Å². The monoisotopic (exact) mass is 349 g/mol. The van der Waals surface area contributed by atoms with Crippen molar-refractivity contribution in [3.8, 4) is 5.75 Å². The summed E-state index contributed by atoms with van der Waals surface area (Å²) in [5.41, 5.74) is 0.341. The van der Waals surface area contributed by atoms with Crippen LogP contribution in [0.2, 0.25) is 5.02 Å². The summed E-state index contributed by atoms with van der Waals surface area (Å²) in [7, 11) is 0. The Morgan fingerprint density at radius 1 is 1.38 bits per heavy atom. The molecule has 126 valence electrons. The molecule has 7 nitrogen and oxygen atoms in total. The van der Waals surface area contributed by atoms with Crippen molar-refractivity contribution in [3.63, 3.8) is 0 Å². The minimum atomic E-state index is -1.09. The minimum Gasteiger partial charge on any atom is -0.487 e. The third-order valence-electron chi connectivity index (χ3n) is 3.55. The number of aromatic carboxylic acids is 1. The SMILES string of the molecule is O=C(O)c1cnc(N2CCOCC2)nc1COc1cccc(Cl)c1. The standard InChI is InChI=1S/C16H16ClN3O4/c17-11-2-1-3-12(8-11)24-10-14-13(15(21)22)9-18-16(19-14)20-4-6-23-7-5-20/h1-3,8-9H,4-7,10H2,(H,21,22). The zero-order valence-corrected chi connectivity index (χ0v) is 13.6. The molecule has 0 aliphatic carbocycles. The van der Waals surface area contributed by atoms with E-state index in [4.69, 9.17) is 21.1 Å². The van der Waals surface area contributed by atoms with Crippen molar-refractivity contribution in [2.45, 2.75) is 6.61 Å². The van der Waals surface area contributed by atoms with Gasteiger partial charge in [0.15, 0.2) is 0 Å². The molecule has 0 spiro atoms. The summed E-state index contributed by atoms with van der Waals surface area (Å²) < 4.78 is 10.9. The smallest absolute Gasteiger partial charge is 0.339 e. The van der Waals surface area contributed by atoms with Crippen molar-refractivity contribution in [3.05, 3.63) is 46.7 Å². The molecule has 2 aromatic rings. The fraction of sp³-hybridized carbons (Fsp3) is 0.312. The number of carboxylic acid groups (broad SMARTS) is 1. The highest BCUT2D eigenvalue weighted by Crippen LogP contribution is 2.20. The molecule has 3 rings (SSSR count). The first-order chi connectivity index (χ1) is 11.6. The molecule has 1 saturated heterocycles. The van der Waals surface area contributed by atoms with Crippen LogP contribution in [-0.4, -0.2) is 47.3 Å². The summed E-state index contributed by atoms with van der Waals surface area (Å²) >= 11 is 5.92. The number of carbonyl (C=O) groups is 1. The molecule has 1 fully saturated rings. The Bertz CT molecular complexity index is 735. The fourth-order valence-corrected chi connectivity index (χ4v) is 2.50. The number of rotatable bonds is 5. The first kappa shape index (κ1) is 16.5. The van der Waals surface area contributed by atoms with E-state index in [-0.39, 0.29) is 12.2 Å². The van der Waals surface area contributed by atoms with E-state index in [1.165, 1.54) is 6.20 Å². The molecule has 1 N–H and O–H groups in total. The molecule has 1 aliphatic rings. The van der Waals surface area contributed by atoms with Crippen LogP contribution < -0.4 is 9.64 Å². The van der Waals surface area contributed by atoms with Gasteiger partial charge in [-0.15, -0.1) is 0 Å². The number of aromatic nitrogens is 2. The molecule has 0 atom stereocenters. The maximum absolute atomic E-state index is 11.4. The Hall–Kier alpha value is -2.38. The van der Waals surface area contributed by atoms with Gasteiger partial charge in [0.2, 0.25) is 5.95 Å². The normalized spacial score (nSPS) is 14.5. The molecular formula is C16H16ClN3O4. The number of halogens is 1. The fourth-order valence-electron chi connectivity index (χ4n) is 2.32. The average Bonchev–Trinajstić information content (AvgIpc) is 2.60. The lowest BCUT2D eigenvalue weighted by Gasteiger charge is -2.27. The topological polar surface area (TPSA) is 84.8 Å². The van der Waals surface area contributed by atoms with Crippen LogP contribution in [0.25, 0.3) is 0 Å². The van der Waals surface area contributed by atoms with Crippen LogP contribution in [0.3, 0.4) is 0 Å². The van der Waals surface area contributed by atoms with Crippen molar-refractivity contribution < 1.29 is 19.4 Å². The van der Waals surface area contributed by atoms with Crippen LogP contribution in [0.1, 0.15) is 16.1 Å². The van der Waals surface area contributed by atoms with Crippen LogP contribution in [0.5, 0.6) is 5.75 Å². The van der Waals surface area contributed by atoms with Gasteiger partial charge in [0, 0.05) is 24.3 Å². The van der Waals surface area contributed by atoms with Crippen molar-refractivity contribution in [1.29, 1.82) is 0 Å². The molecule has 24 heavy (non-hydrogen) atoms. The van der Waals surface area contributed by atoms with E-state index in [9.17, 15) is 9.90 Å². The van der Waals surface area contributed by atoms with E-state index < -0.39 is 5.97 Å². The Labute approximate surface area is 143 Å². The predicted octanol–water partition coefficient (Wildman–Crippen LogP) is 2.24. The van der Waals surface area contributed by atoms with Crippen LogP contribution in [0.4, 0.5) is 5.95 Å². The molecule has 0 bridgehead atoms. The molecular weight excluding hydrogens is 334 g/mol. The Balaban J connectivity index is 1.81. The van der Waals surface area contributed by atoms with Crippen molar-refractivity contribution in [2.75, 3.05) is 31.2 Å². The maximum atomic E-state index is 11.4. The third-order valence-corrected chi connectivity index (χ3v) is 3.79. The molecule has 1 aromatic carbocycles. The van der Waals surface area contributed by atoms with Gasteiger partial charge in [-0.3, -0.25) is 0 Å². The molecule has 1 aromatic heterocycles. The van der Waals surface area contributed by atoms with Crippen molar-refractivity contribution in [1.82, 2.24) is 9.97 Å². The molecule has 1 aliphatic heterocycles. The summed E-state index contributed by atoms with van der Waals surface area (Å²) in [6.45, 7) is 2.54. The number of hydrogen-bond donors (Lipinski definition) is 1. The first-order valence-electron chi connectivity index (χ1n) is 7.44. The van der Waals surface area contributed by atoms with E-state index in [1.807, 2.05) is 4.90 Å². The number of hydrogen-bond acceptors (Lipinski definition) is 6. The molecule has 0 amide bonds. The third kappa shape index (κ3) is 3.93. The summed E-state index contributed by atoms with van der Waals surface area (Å²) in [6.07, 6.45) is 1.32. The summed E-state index contributed by atoms with van der Waals surface area (Å²) in [5, 5.41) is 9.86. The van der Waals surface area contributed by atoms with Gasteiger partial charge in [-0.05, 0) is 18.2 Å². The second-order valence-electron chi connectivity index (χ2n) is 5.18. The largest absolute Gasteiger partial charge is 0.487 e. The van der Waals surface area contributed by atoms with Crippen LogP contribution >= 0.6 is 11.6 Å². The second kappa shape index (κ2) is 7.46. The van der Waals surface area contributed by atoms with E-state index in [0.717, 1.165) is 0 Å². The number of ether oxygens (including phenoxy) is 2. The number of anilines is 1. The Morgan fingerprint density at radius 2 is 2.17 bits per heavy atom. The van der Waals surface area contributed by atoms with Gasteiger partial charge in [-0.1, -0.05) is 17.7 Å². The van der Waals surface area contributed by atoms with Crippen LogP contribution in [0, 0.1) is 0 Å². The van der Waals surface area contributed by atoms with E-state index >= 15 is 0 Å². The highest BCUT2D eigenvalue weighted by atomic mass is 35.5. The van der Waals surface area contributed by atoms with Gasteiger partial charge in [0.25, 0.3) is 0 Å². The molecule has 0 radical (unpaired) electrons. The summed E-state index contributed by atoms with van der Waals surface area (Å²) in [5.74, 6) is -0.0633. The highest BCUT2D eigenvalue weighted by molar-refractivity contribution is 6.30. The Morgan fingerprint density at radius 3 is 2.88 bits per heavy atom. The summed E-state index contributed by atoms with van der Waals surface area (Å²) in [6, 6.07) is 6.90. The average molecular weight is 350 g/mol. The highest BCUT2D eigenvalue weighted by Gasteiger charge is 2.19. The van der Waals surface area contributed by atoms with E-state index in [1.54, 1.807) is 24.3 Å². The molecule has 0 saturated carbocycles. The lowest BCUT2D eigenvalue weighted by atomic mass is 10.2. The van der Waals surface area contributed by atoms with Gasteiger partial charge in [-0.25, -0.2) is 14.8 Å². The minimum absolute atomic E-state index is 0.0157. The number of benzene rings is 1. The molecule has 2 heterocycles. The molecule has 0 unspecified atom stereocenters. The van der Waals surface area contributed by atoms with Gasteiger partial charge in [-0.2, -0.15) is 0 Å².